The predicted octanol–water partition coefficient (Wildman–Crippen LogP) is 2.45. The summed E-state index contributed by atoms with van der Waals surface area (Å²) in [5.41, 5.74) is -4.38. The van der Waals surface area contributed by atoms with Gasteiger partial charge >= 0.3 is 15.6 Å². The molecule has 0 spiro atoms. The van der Waals surface area contributed by atoms with Gasteiger partial charge in [-0.05, 0) is 13.3 Å². The highest BCUT2D eigenvalue weighted by Crippen LogP contribution is 2.20. The number of rotatable bonds is 3. The van der Waals surface area contributed by atoms with Gasteiger partial charge in [0.05, 0.1) is 0 Å². The zero-order valence-corrected chi connectivity index (χ0v) is 10.8. The van der Waals surface area contributed by atoms with Crippen LogP contribution in [0.2, 0.25) is 0 Å². The molecular weight excluding hydrogens is 273 g/mol. The second kappa shape index (κ2) is 6.74. The van der Waals surface area contributed by atoms with Crippen molar-refractivity contribution in [3.05, 3.63) is 17.7 Å². The van der Waals surface area contributed by atoms with Crippen molar-refractivity contribution in [3.8, 4) is 0 Å². The third-order valence-electron chi connectivity index (χ3n) is 1.82. The Morgan fingerprint density at radius 2 is 1.94 bits per heavy atom. The molecule has 0 amide bonds. The average Bonchev–Trinajstić information content (AvgIpc) is 2.59. The highest BCUT2D eigenvalue weighted by molar-refractivity contribution is 7.86. The molecule has 1 aromatic heterocycles. The summed E-state index contributed by atoms with van der Waals surface area (Å²) in [5, 5.41) is 0. The molecular formula is C9H15F3N2O3S. The van der Waals surface area contributed by atoms with Gasteiger partial charge < -0.3 is 4.98 Å². The Morgan fingerprint density at radius 3 is 2.22 bits per heavy atom. The highest BCUT2D eigenvalue weighted by atomic mass is 32.2. The molecule has 1 rings (SSSR count). The van der Waals surface area contributed by atoms with Crippen LogP contribution in [0.4, 0.5) is 13.2 Å². The minimum absolute atomic E-state index is 1.09. The molecule has 106 valence electrons. The minimum atomic E-state index is -5.84. The van der Waals surface area contributed by atoms with Crippen LogP contribution in [0.1, 0.15) is 31.3 Å². The summed E-state index contributed by atoms with van der Waals surface area (Å²) in [7, 11) is -5.84. The Balaban J connectivity index is 0.000000331. The number of hydrogen-bond acceptors (Lipinski definition) is 3. The van der Waals surface area contributed by atoms with Gasteiger partial charge in [0, 0.05) is 18.3 Å². The lowest BCUT2D eigenvalue weighted by Gasteiger charge is -1.97. The number of aromatic amines is 1. The fourth-order valence-corrected chi connectivity index (χ4v) is 0.938. The molecule has 0 atom stereocenters. The molecule has 0 aliphatic carbocycles. The highest BCUT2D eigenvalue weighted by Gasteiger charge is 2.44. The lowest BCUT2D eigenvalue weighted by molar-refractivity contribution is -0.0510. The van der Waals surface area contributed by atoms with Crippen molar-refractivity contribution >= 4 is 10.1 Å². The number of hydrogen-bond donors (Lipinski definition) is 2. The first-order valence-corrected chi connectivity index (χ1v) is 6.56. The molecule has 0 radical (unpaired) electrons. The average molecular weight is 288 g/mol. The van der Waals surface area contributed by atoms with Crippen LogP contribution in [0.15, 0.2) is 6.20 Å². The molecule has 9 heteroatoms. The van der Waals surface area contributed by atoms with Gasteiger partial charge in [0.1, 0.15) is 5.82 Å². The second-order valence-electron chi connectivity index (χ2n) is 3.54. The lowest BCUT2D eigenvalue weighted by atomic mass is 10.2. The topological polar surface area (TPSA) is 83.0 Å². The molecule has 0 saturated carbocycles. The Morgan fingerprint density at radius 1 is 1.44 bits per heavy atom. The Bertz CT molecular complexity index is 454. The summed E-state index contributed by atoms with van der Waals surface area (Å²) in [5.74, 6) is 1.12. The number of nitrogens with zero attached hydrogens (tertiary/aromatic N) is 1. The number of halogens is 3. The summed E-state index contributed by atoms with van der Waals surface area (Å²) >= 11 is 0. The summed E-state index contributed by atoms with van der Waals surface area (Å²) in [6, 6.07) is 0. The molecule has 0 aliphatic heterocycles. The smallest absolute Gasteiger partial charge is 0.346 e. The van der Waals surface area contributed by atoms with Crippen molar-refractivity contribution < 1.29 is 26.1 Å². The molecule has 0 unspecified atom stereocenters. The van der Waals surface area contributed by atoms with E-state index < -0.39 is 15.6 Å². The van der Waals surface area contributed by atoms with E-state index >= 15 is 0 Å². The van der Waals surface area contributed by atoms with Gasteiger partial charge in [-0.1, -0.05) is 13.3 Å². The van der Waals surface area contributed by atoms with Crippen LogP contribution < -0.4 is 0 Å². The molecule has 18 heavy (non-hydrogen) atoms. The predicted molar refractivity (Wildman–Crippen MR) is 59.5 cm³/mol. The van der Waals surface area contributed by atoms with Crippen LogP contribution >= 0.6 is 0 Å². The van der Waals surface area contributed by atoms with Gasteiger partial charge in [-0.25, -0.2) is 4.98 Å². The molecule has 0 fully saturated rings. The van der Waals surface area contributed by atoms with Crippen LogP contribution in [0.25, 0.3) is 0 Å². The van der Waals surface area contributed by atoms with Crippen LogP contribution in [0.5, 0.6) is 0 Å². The van der Waals surface area contributed by atoms with E-state index in [2.05, 4.69) is 16.9 Å². The fraction of sp³-hybridized carbons (Fsp3) is 0.667. The van der Waals surface area contributed by atoms with Crippen molar-refractivity contribution in [3.63, 3.8) is 0 Å². The Labute approximate surface area is 103 Å². The molecule has 5 nitrogen and oxygen atoms in total. The van der Waals surface area contributed by atoms with E-state index in [-0.39, 0.29) is 0 Å². The van der Waals surface area contributed by atoms with E-state index in [0.717, 1.165) is 17.9 Å². The van der Waals surface area contributed by atoms with Gasteiger partial charge in [-0.3, -0.25) is 4.55 Å². The monoisotopic (exact) mass is 288 g/mol. The largest absolute Gasteiger partial charge is 0.522 e. The Hall–Kier alpha value is -1.09. The van der Waals surface area contributed by atoms with Crippen LogP contribution in [0.3, 0.4) is 0 Å². The molecule has 2 N–H and O–H groups in total. The first-order chi connectivity index (χ1) is 8.08. The number of nitrogens with one attached hydrogen (secondary N) is 1. The standard InChI is InChI=1S/C8H14N2.CHF3O3S/c1-3-4-5-8-9-6-7(2)10-8;2-1(3,4)8(5,6)7/h6H,3-5H2,1-2H3,(H,9,10);(H,5,6,7). The number of aryl methyl sites for hydroxylation is 2. The quantitative estimate of drug-likeness (QED) is 0.661. The van der Waals surface area contributed by atoms with E-state index in [1.807, 2.05) is 13.1 Å². The van der Waals surface area contributed by atoms with E-state index in [1.54, 1.807) is 0 Å². The maximum absolute atomic E-state index is 10.7. The first-order valence-electron chi connectivity index (χ1n) is 5.12. The van der Waals surface area contributed by atoms with Crippen molar-refractivity contribution in [1.29, 1.82) is 0 Å². The number of unbranched alkanes of at least 4 members (excludes halogenated alkanes) is 1. The first kappa shape index (κ1) is 16.9. The number of alkyl halides is 3. The van der Waals surface area contributed by atoms with E-state index in [1.165, 1.54) is 12.8 Å². The second-order valence-corrected chi connectivity index (χ2v) is 4.95. The van der Waals surface area contributed by atoms with Crippen LogP contribution in [-0.2, 0) is 16.5 Å². The van der Waals surface area contributed by atoms with Crippen LogP contribution in [0, 0.1) is 6.92 Å². The van der Waals surface area contributed by atoms with E-state index in [9.17, 15) is 13.2 Å². The zero-order chi connectivity index (χ0) is 14.4. The van der Waals surface area contributed by atoms with Crippen molar-refractivity contribution in [2.24, 2.45) is 0 Å². The third-order valence-corrected chi connectivity index (χ3v) is 2.40. The maximum Gasteiger partial charge on any atom is 0.522 e. The van der Waals surface area contributed by atoms with Gasteiger partial charge in [-0.2, -0.15) is 21.6 Å². The van der Waals surface area contributed by atoms with Gasteiger partial charge in [-0.15, -0.1) is 0 Å². The molecule has 1 heterocycles. The summed E-state index contributed by atoms with van der Waals surface area (Å²) in [6.07, 6.45) is 5.43. The minimum Gasteiger partial charge on any atom is -0.346 e. The molecule has 0 aromatic carbocycles. The maximum atomic E-state index is 10.7. The number of aromatic nitrogens is 2. The zero-order valence-electron chi connectivity index (χ0n) is 9.95. The molecule has 0 aliphatic rings. The molecule has 1 aromatic rings. The van der Waals surface area contributed by atoms with Gasteiger partial charge in [0.25, 0.3) is 0 Å². The SMILES string of the molecule is CCCCc1ncc(C)[nH]1.O=S(=O)(O)C(F)(F)F. The normalized spacial score (nSPS) is 11.9. The van der Waals surface area contributed by atoms with Gasteiger partial charge in [0.15, 0.2) is 0 Å². The fourth-order valence-electron chi connectivity index (χ4n) is 0.938. The van der Waals surface area contributed by atoms with Crippen molar-refractivity contribution in [1.82, 2.24) is 9.97 Å². The van der Waals surface area contributed by atoms with E-state index in [0.29, 0.717) is 0 Å². The van der Waals surface area contributed by atoms with Crippen LogP contribution in [-0.4, -0.2) is 28.4 Å². The summed E-state index contributed by atoms with van der Waals surface area (Å²) in [6.45, 7) is 4.22. The number of H-pyrrole nitrogens is 1. The Kier molecular flexibility index (Phi) is 6.33. The van der Waals surface area contributed by atoms with Crippen molar-refractivity contribution in [2.75, 3.05) is 0 Å². The van der Waals surface area contributed by atoms with Gasteiger partial charge in [0.2, 0.25) is 0 Å². The van der Waals surface area contributed by atoms with E-state index in [4.69, 9.17) is 13.0 Å². The molecule has 0 saturated heterocycles. The van der Waals surface area contributed by atoms with Crippen molar-refractivity contribution in [2.45, 2.75) is 38.6 Å². The molecule has 0 bridgehead atoms. The summed E-state index contributed by atoms with van der Waals surface area (Å²) < 4.78 is 57.5. The summed E-state index contributed by atoms with van der Waals surface area (Å²) in [4.78, 5) is 7.40. The third kappa shape index (κ3) is 6.60. The number of imidazole rings is 1. The lowest BCUT2D eigenvalue weighted by Crippen LogP contribution is -2.21.